The summed E-state index contributed by atoms with van der Waals surface area (Å²) in [7, 11) is 1.46. The topological polar surface area (TPSA) is 77.2 Å². The molecule has 2 aromatic rings. The third-order valence-corrected chi connectivity index (χ3v) is 2.52. The first-order chi connectivity index (χ1) is 9.11. The molecule has 0 spiro atoms. The monoisotopic (exact) mass is 261 g/mol. The van der Waals surface area contributed by atoms with E-state index < -0.39 is 11.7 Å². The number of carbonyl (C=O) groups is 1. The van der Waals surface area contributed by atoms with Crippen LogP contribution in [0.15, 0.2) is 36.7 Å². The summed E-state index contributed by atoms with van der Waals surface area (Å²) >= 11 is 0. The lowest BCUT2D eigenvalue weighted by Crippen LogP contribution is -2.15. The number of aromatic nitrogens is 1. The number of hydrogen-bond acceptors (Lipinski definition) is 4. The molecule has 6 heteroatoms. The van der Waals surface area contributed by atoms with Gasteiger partial charge in [-0.1, -0.05) is 0 Å². The maximum atomic E-state index is 13.6. The Balaban J connectivity index is 2.26. The molecule has 0 bridgehead atoms. The Bertz CT molecular complexity index is 617. The highest BCUT2D eigenvalue weighted by Crippen LogP contribution is 2.22. The largest absolute Gasteiger partial charge is 0.497 e. The molecular weight excluding hydrogens is 249 g/mol. The van der Waals surface area contributed by atoms with Gasteiger partial charge < -0.3 is 15.8 Å². The average molecular weight is 261 g/mol. The number of carbonyl (C=O) groups excluding carboxylic acids is 1. The van der Waals surface area contributed by atoms with Crippen molar-refractivity contribution in [3.63, 3.8) is 0 Å². The van der Waals surface area contributed by atoms with E-state index in [1.54, 1.807) is 0 Å². The van der Waals surface area contributed by atoms with E-state index in [0.29, 0.717) is 5.75 Å². The minimum Gasteiger partial charge on any atom is -0.497 e. The number of nitrogen functional groups attached to an aromatic ring is 1. The van der Waals surface area contributed by atoms with Crippen molar-refractivity contribution in [2.24, 2.45) is 0 Å². The maximum Gasteiger partial charge on any atom is 0.259 e. The average Bonchev–Trinajstić information content (AvgIpc) is 2.41. The zero-order valence-corrected chi connectivity index (χ0v) is 10.2. The number of hydrogen-bond donors (Lipinski definition) is 2. The summed E-state index contributed by atoms with van der Waals surface area (Å²) in [4.78, 5) is 15.8. The summed E-state index contributed by atoms with van der Waals surface area (Å²) in [6.07, 6.45) is 2.79. The van der Waals surface area contributed by atoms with E-state index >= 15 is 0 Å². The first kappa shape index (κ1) is 12.8. The van der Waals surface area contributed by atoms with Crippen LogP contribution in [0.3, 0.4) is 0 Å². The molecule has 1 heterocycles. The van der Waals surface area contributed by atoms with Crippen molar-refractivity contribution in [2.75, 3.05) is 18.2 Å². The molecule has 0 saturated carbocycles. The van der Waals surface area contributed by atoms with Gasteiger partial charge in [0.05, 0.1) is 18.4 Å². The molecule has 1 amide bonds. The highest BCUT2D eigenvalue weighted by atomic mass is 19.1. The van der Waals surface area contributed by atoms with E-state index in [1.807, 2.05) is 0 Å². The molecule has 0 aliphatic heterocycles. The van der Waals surface area contributed by atoms with Crippen molar-refractivity contribution in [1.29, 1.82) is 0 Å². The smallest absolute Gasteiger partial charge is 0.259 e. The maximum absolute atomic E-state index is 13.6. The number of pyridine rings is 1. The highest BCUT2D eigenvalue weighted by Gasteiger charge is 2.12. The first-order valence-corrected chi connectivity index (χ1v) is 5.46. The molecule has 3 N–H and O–H groups in total. The molecule has 0 fully saturated rings. The minimum absolute atomic E-state index is 0.0209. The van der Waals surface area contributed by atoms with Crippen LogP contribution in [0.25, 0.3) is 0 Å². The predicted molar refractivity (Wildman–Crippen MR) is 69.6 cm³/mol. The fourth-order valence-electron chi connectivity index (χ4n) is 1.51. The van der Waals surface area contributed by atoms with E-state index in [1.165, 1.54) is 43.8 Å². The predicted octanol–water partition coefficient (Wildman–Crippen LogP) is 2.06. The van der Waals surface area contributed by atoms with Crippen LogP contribution < -0.4 is 15.8 Å². The second-order valence-electron chi connectivity index (χ2n) is 3.76. The van der Waals surface area contributed by atoms with E-state index in [4.69, 9.17) is 10.5 Å². The number of rotatable bonds is 3. The van der Waals surface area contributed by atoms with Crippen molar-refractivity contribution >= 4 is 17.3 Å². The van der Waals surface area contributed by atoms with Crippen molar-refractivity contribution in [3.8, 4) is 5.75 Å². The fourth-order valence-corrected chi connectivity index (χ4v) is 1.51. The van der Waals surface area contributed by atoms with Gasteiger partial charge in [0.2, 0.25) is 0 Å². The van der Waals surface area contributed by atoms with Crippen LogP contribution in [0.1, 0.15) is 10.4 Å². The van der Waals surface area contributed by atoms with Gasteiger partial charge in [0.1, 0.15) is 11.6 Å². The van der Waals surface area contributed by atoms with Gasteiger partial charge in [-0.15, -0.1) is 0 Å². The molecule has 19 heavy (non-hydrogen) atoms. The number of nitrogens with two attached hydrogens (primary N) is 1. The fraction of sp³-hybridized carbons (Fsp3) is 0.0769. The lowest BCUT2D eigenvalue weighted by Gasteiger charge is -2.09. The van der Waals surface area contributed by atoms with Crippen LogP contribution in [-0.2, 0) is 0 Å². The molecule has 0 aliphatic rings. The van der Waals surface area contributed by atoms with Crippen LogP contribution in [0, 0.1) is 5.82 Å². The Hall–Kier alpha value is -2.63. The molecule has 0 unspecified atom stereocenters. The normalized spacial score (nSPS) is 10.0. The Morgan fingerprint density at radius 3 is 2.89 bits per heavy atom. The Morgan fingerprint density at radius 2 is 2.21 bits per heavy atom. The molecule has 0 aliphatic carbocycles. The van der Waals surface area contributed by atoms with Crippen molar-refractivity contribution in [2.45, 2.75) is 0 Å². The Morgan fingerprint density at radius 1 is 1.42 bits per heavy atom. The molecule has 98 valence electrons. The molecule has 1 aromatic heterocycles. The zero-order valence-electron chi connectivity index (χ0n) is 10.2. The highest BCUT2D eigenvalue weighted by molar-refractivity contribution is 6.07. The molecule has 0 radical (unpaired) electrons. The third kappa shape index (κ3) is 2.79. The van der Waals surface area contributed by atoms with Gasteiger partial charge in [0.25, 0.3) is 5.91 Å². The number of nitrogens with zero attached hydrogens (tertiary/aromatic N) is 1. The van der Waals surface area contributed by atoms with Crippen LogP contribution in [0.5, 0.6) is 5.75 Å². The van der Waals surface area contributed by atoms with Crippen molar-refractivity contribution in [1.82, 2.24) is 4.98 Å². The van der Waals surface area contributed by atoms with Gasteiger partial charge in [-0.3, -0.25) is 9.78 Å². The van der Waals surface area contributed by atoms with Gasteiger partial charge in [0.15, 0.2) is 0 Å². The number of anilines is 2. The van der Waals surface area contributed by atoms with Crippen molar-refractivity contribution < 1.29 is 13.9 Å². The molecule has 1 aromatic carbocycles. The first-order valence-electron chi connectivity index (χ1n) is 5.46. The second-order valence-corrected chi connectivity index (χ2v) is 3.76. The van der Waals surface area contributed by atoms with E-state index in [9.17, 15) is 9.18 Å². The SMILES string of the molecule is COc1ccc(F)c(NC(=O)c2cnccc2N)c1. The zero-order chi connectivity index (χ0) is 13.8. The van der Waals surface area contributed by atoms with Gasteiger partial charge in [-0.25, -0.2) is 4.39 Å². The van der Waals surface area contributed by atoms with Crippen molar-refractivity contribution in [3.05, 3.63) is 48.0 Å². The lowest BCUT2D eigenvalue weighted by molar-refractivity contribution is 0.102. The minimum atomic E-state index is -0.559. The molecule has 0 saturated heterocycles. The van der Waals surface area contributed by atoms with E-state index in [2.05, 4.69) is 10.3 Å². The molecular formula is C13H12FN3O2. The second kappa shape index (κ2) is 5.34. The summed E-state index contributed by atoms with van der Waals surface area (Å²) in [5.41, 5.74) is 6.13. The van der Waals surface area contributed by atoms with Gasteiger partial charge in [-0.05, 0) is 18.2 Å². The number of methoxy groups -OCH3 is 1. The summed E-state index contributed by atoms with van der Waals surface area (Å²) in [5.74, 6) is -0.648. The third-order valence-electron chi connectivity index (χ3n) is 2.52. The lowest BCUT2D eigenvalue weighted by atomic mass is 10.2. The van der Waals surface area contributed by atoms with Crippen LogP contribution in [0.2, 0.25) is 0 Å². The summed E-state index contributed by atoms with van der Waals surface area (Å²) in [5, 5.41) is 2.43. The standard InChI is InChI=1S/C13H12FN3O2/c1-19-8-2-3-10(14)12(6-8)17-13(18)9-7-16-5-4-11(9)15/h2-7H,1H3,(H2,15,16)(H,17,18). The van der Waals surface area contributed by atoms with Crippen LogP contribution in [0.4, 0.5) is 15.8 Å². The molecule has 0 atom stereocenters. The van der Waals surface area contributed by atoms with Gasteiger partial charge in [0, 0.05) is 24.1 Å². The number of halogens is 1. The summed E-state index contributed by atoms with van der Waals surface area (Å²) in [6, 6.07) is 5.56. The number of nitrogens with one attached hydrogen (secondary N) is 1. The Kier molecular flexibility index (Phi) is 3.61. The molecule has 5 nitrogen and oxygen atoms in total. The van der Waals surface area contributed by atoms with Crippen LogP contribution in [-0.4, -0.2) is 18.0 Å². The van der Waals surface area contributed by atoms with Crippen LogP contribution >= 0.6 is 0 Å². The number of benzene rings is 1. The van der Waals surface area contributed by atoms with E-state index in [0.717, 1.165) is 0 Å². The van der Waals surface area contributed by atoms with E-state index in [-0.39, 0.29) is 16.9 Å². The quantitative estimate of drug-likeness (QED) is 0.886. The molecule has 2 rings (SSSR count). The van der Waals surface area contributed by atoms with Gasteiger partial charge in [-0.2, -0.15) is 0 Å². The number of ether oxygens (including phenoxy) is 1. The number of amides is 1. The summed E-state index contributed by atoms with van der Waals surface area (Å²) < 4.78 is 18.5. The summed E-state index contributed by atoms with van der Waals surface area (Å²) in [6.45, 7) is 0. The Labute approximate surface area is 109 Å². The van der Waals surface area contributed by atoms with Gasteiger partial charge >= 0.3 is 0 Å².